The van der Waals surface area contributed by atoms with Crippen molar-refractivity contribution in [2.75, 3.05) is 20.8 Å². The smallest absolute Gasteiger partial charge is 0.358 e. The lowest BCUT2D eigenvalue weighted by Crippen LogP contribution is -2.11. The fourth-order valence-corrected chi connectivity index (χ4v) is 3.94. The average molecular weight is 461 g/mol. The van der Waals surface area contributed by atoms with Crippen molar-refractivity contribution in [3.63, 3.8) is 0 Å². The van der Waals surface area contributed by atoms with E-state index in [9.17, 15) is 4.79 Å². The van der Waals surface area contributed by atoms with E-state index in [1.54, 1.807) is 38.2 Å². The van der Waals surface area contributed by atoms with Crippen LogP contribution in [-0.2, 0) is 17.8 Å². The zero-order valence-electron chi connectivity index (χ0n) is 19.0. The van der Waals surface area contributed by atoms with E-state index in [1.165, 1.54) is 0 Å². The van der Waals surface area contributed by atoms with Crippen molar-refractivity contribution < 1.29 is 23.7 Å². The van der Waals surface area contributed by atoms with Crippen LogP contribution in [0.5, 0.6) is 17.2 Å². The summed E-state index contributed by atoms with van der Waals surface area (Å²) in [5, 5.41) is 8.80. The Morgan fingerprint density at radius 2 is 1.79 bits per heavy atom. The van der Waals surface area contributed by atoms with Gasteiger partial charge in [0.05, 0.1) is 43.6 Å². The van der Waals surface area contributed by atoms with Crippen LogP contribution in [0.2, 0.25) is 0 Å². The molecule has 0 amide bonds. The van der Waals surface area contributed by atoms with Gasteiger partial charge in [-0.3, -0.25) is 4.57 Å². The van der Waals surface area contributed by atoms with Gasteiger partial charge in [0, 0.05) is 18.6 Å². The summed E-state index contributed by atoms with van der Waals surface area (Å²) >= 11 is 0. The van der Waals surface area contributed by atoms with Crippen LogP contribution in [0.1, 0.15) is 34.5 Å². The molecule has 2 aromatic carbocycles. The SMILES string of the molecule is CCOC(=O)c1ncn2c1Cc1c(COc3cccc(OC)c3)nnn1-c1cc(OC)ccc1-2. The van der Waals surface area contributed by atoms with Gasteiger partial charge in [0.2, 0.25) is 0 Å². The maximum Gasteiger partial charge on any atom is 0.358 e. The van der Waals surface area contributed by atoms with Crippen LogP contribution < -0.4 is 14.2 Å². The van der Waals surface area contributed by atoms with E-state index >= 15 is 0 Å². The Labute approximate surface area is 195 Å². The molecular formula is C24H23N5O5. The number of carbonyl (C=O) groups is 1. The van der Waals surface area contributed by atoms with Crippen LogP contribution in [0.4, 0.5) is 0 Å². The first-order valence-electron chi connectivity index (χ1n) is 10.7. The number of esters is 1. The van der Waals surface area contributed by atoms with Crippen molar-refractivity contribution in [3.05, 3.63) is 71.6 Å². The third-order valence-corrected chi connectivity index (χ3v) is 5.60. The maximum absolute atomic E-state index is 12.6. The fraction of sp³-hybridized carbons (Fsp3) is 0.250. The molecule has 0 fully saturated rings. The summed E-state index contributed by atoms with van der Waals surface area (Å²) in [6.45, 7) is 2.21. The number of nitrogens with zero attached hydrogens (tertiary/aromatic N) is 5. The lowest BCUT2D eigenvalue weighted by molar-refractivity contribution is 0.0519. The van der Waals surface area contributed by atoms with Crippen LogP contribution in [0.25, 0.3) is 11.4 Å². The summed E-state index contributed by atoms with van der Waals surface area (Å²) in [4.78, 5) is 17.0. The average Bonchev–Trinajstić information content (AvgIpc) is 3.44. The predicted molar refractivity (Wildman–Crippen MR) is 121 cm³/mol. The zero-order valence-corrected chi connectivity index (χ0v) is 19.0. The van der Waals surface area contributed by atoms with Crippen LogP contribution in [0.3, 0.4) is 0 Å². The molecule has 0 saturated carbocycles. The van der Waals surface area contributed by atoms with Gasteiger partial charge in [-0.05, 0) is 31.2 Å². The first-order chi connectivity index (χ1) is 16.6. The van der Waals surface area contributed by atoms with Crippen LogP contribution >= 0.6 is 0 Å². The maximum atomic E-state index is 12.6. The van der Waals surface area contributed by atoms with Crippen LogP contribution in [0.15, 0.2) is 48.8 Å². The van der Waals surface area contributed by atoms with E-state index in [0.29, 0.717) is 35.1 Å². The van der Waals surface area contributed by atoms with E-state index in [-0.39, 0.29) is 18.9 Å². The molecule has 3 heterocycles. The van der Waals surface area contributed by atoms with E-state index in [1.807, 2.05) is 41.0 Å². The third kappa shape index (κ3) is 3.72. The summed E-state index contributed by atoms with van der Waals surface area (Å²) in [5.74, 6) is 1.54. The van der Waals surface area contributed by atoms with Gasteiger partial charge in [-0.2, -0.15) is 0 Å². The number of fused-ring (bicyclic) bond motifs is 5. The summed E-state index contributed by atoms with van der Waals surface area (Å²) in [5.41, 5.74) is 3.92. The second-order valence-corrected chi connectivity index (χ2v) is 7.52. The van der Waals surface area contributed by atoms with Crippen LogP contribution in [0, 0.1) is 0 Å². The van der Waals surface area contributed by atoms with Gasteiger partial charge in [0.25, 0.3) is 0 Å². The van der Waals surface area contributed by atoms with Gasteiger partial charge in [0.15, 0.2) is 5.69 Å². The lowest BCUT2D eigenvalue weighted by Gasteiger charge is -2.11. The van der Waals surface area contributed by atoms with Gasteiger partial charge in [-0.25, -0.2) is 14.5 Å². The molecule has 0 atom stereocenters. The first-order valence-corrected chi connectivity index (χ1v) is 10.7. The molecule has 0 unspecified atom stereocenters. The lowest BCUT2D eigenvalue weighted by atomic mass is 10.1. The zero-order chi connectivity index (χ0) is 23.7. The molecule has 0 radical (unpaired) electrons. The van der Waals surface area contributed by atoms with Gasteiger partial charge >= 0.3 is 5.97 Å². The Bertz CT molecular complexity index is 1360. The molecule has 5 rings (SSSR count). The highest BCUT2D eigenvalue weighted by atomic mass is 16.5. The molecule has 0 aliphatic carbocycles. The van der Waals surface area contributed by atoms with E-state index in [2.05, 4.69) is 15.3 Å². The quantitative estimate of drug-likeness (QED) is 0.341. The Hall–Kier alpha value is -4.34. The van der Waals surface area contributed by atoms with Crippen molar-refractivity contribution in [2.45, 2.75) is 20.0 Å². The molecule has 0 N–H and O–H groups in total. The van der Waals surface area contributed by atoms with E-state index < -0.39 is 5.97 Å². The number of rotatable bonds is 7. The molecule has 34 heavy (non-hydrogen) atoms. The summed E-state index contributed by atoms with van der Waals surface area (Å²) in [6.07, 6.45) is 1.98. The molecular weight excluding hydrogens is 438 g/mol. The standard InChI is InChI=1S/C24H23N5O5/c1-4-33-24(30)23-22-12-20-18(13-34-17-7-5-6-15(10-17)31-2)26-27-29(20)21-11-16(32-3)8-9-19(21)28(22)14-25-23/h5-11,14H,4,12-13H2,1-3H3. The van der Waals surface area contributed by atoms with Crippen molar-refractivity contribution in [2.24, 2.45) is 0 Å². The van der Waals surface area contributed by atoms with Gasteiger partial charge in [0.1, 0.15) is 35.9 Å². The molecule has 0 saturated heterocycles. The minimum absolute atomic E-state index is 0.185. The summed E-state index contributed by atoms with van der Waals surface area (Å²) < 4.78 is 25.6. The molecule has 10 nitrogen and oxygen atoms in total. The number of benzene rings is 2. The topological polar surface area (TPSA) is 103 Å². The second-order valence-electron chi connectivity index (χ2n) is 7.52. The minimum Gasteiger partial charge on any atom is -0.497 e. The number of aromatic nitrogens is 5. The highest BCUT2D eigenvalue weighted by molar-refractivity contribution is 5.89. The highest BCUT2D eigenvalue weighted by Gasteiger charge is 2.29. The molecule has 1 aliphatic rings. The molecule has 2 aromatic heterocycles. The number of hydrogen-bond acceptors (Lipinski definition) is 8. The Morgan fingerprint density at radius 3 is 2.59 bits per heavy atom. The number of imidazole rings is 1. The fourth-order valence-electron chi connectivity index (χ4n) is 3.94. The normalized spacial score (nSPS) is 11.6. The first kappa shape index (κ1) is 21.5. The number of hydrogen-bond donors (Lipinski definition) is 0. The third-order valence-electron chi connectivity index (χ3n) is 5.60. The van der Waals surface area contributed by atoms with Crippen molar-refractivity contribution in [3.8, 4) is 28.6 Å². The molecule has 174 valence electrons. The Balaban J connectivity index is 1.58. The minimum atomic E-state index is -0.471. The van der Waals surface area contributed by atoms with Gasteiger partial charge in [-0.1, -0.05) is 11.3 Å². The van der Waals surface area contributed by atoms with Crippen molar-refractivity contribution in [1.29, 1.82) is 0 Å². The molecule has 0 spiro atoms. The Morgan fingerprint density at radius 1 is 1.00 bits per heavy atom. The molecule has 4 aromatic rings. The van der Waals surface area contributed by atoms with Gasteiger partial charge in [-0.15, -0.1) is 5.10 Å². The summed E-state index contributed by atoms with van der Waals surface area (Å²) in [6, 6.07) is 13.0. The van der Waals surface area contributed by atoms with Gasteiger partial charge < -0.3 is 18.9 Å². The monoisotopic (exact) mass is 461 g/mol. The highest BCUT2D eigenvalue weighted by Crippen LogP contribution is 2.33. The Kier molecular flexibility index (Phi) is 5.62. The predicted octanol–water partition coefficient (Wildman–Crippen LogP) is 3.13. The summed E-state index contributed by atoms with van der Waals surface area (Å²) in [7, 11) is 3.21. The second kappa shape index (κ2) is 8.89. The van der Waals surface area contributed by atoms with Crippen LogP contribution in [-0.4, -0.2) is 51.3 Å². The molecule has 0 bridgehead atoms. The molecule has 1 aliphatic heterocycles. The molecule has 10 heteroatoms. The van der Waals surface area contributed by atoms with E-state index in [4.69, 9.17) is 18.9 Å². The largest absolute Gasteiger partial charge is 0.497 e. The van der Waals surface area contributed by atoms with Crippen molar-refractivity contribution in [1.82, 2.24) is 24.5 Å². The number of carbonyl (C=O) groups excluding carboxylic acids is 1. The number of ether oxygens (including phenoxy) is 4. The van der Waals surface area contributed by atoms with E-state index in [0.717, 1.165) is 17.1 Å². The number of methoxy groups -OCH3 is 2. The van der Waals surface area contributed by atoms with Crippen molar-refractivity contribution >= 4 is 5.97 Å².